The summed E-state index contributed by atoms with van der Waals surface area (Å²) in [7, 11) is 0. The number of hydrogen-bond acceptors (Lipinski definition) is 4. The van der Waals surface area contributed by atoms with Crippen LogP contribution in [0, 0.1) is 5.92 Å². The van der Waals surface area contributed by atoms with Gasteiger partial charge < -0.3 is 16.0 Å². The van der Waals surface area contributed by atoms with E-state index >= 15 is 0 Å². The molecule has 3 heterocycles. The number of amides is 1. The van der Waals surface area contributed by atoms with Crippen molar-refractivity contribution >= 4 is 5.91 Å². The fraction of sp³-hybridized carbons (Fsp3) is 0.941. The molecule has 3 aliphatic heterocycles. The molecule has 126 valence electrons. The van der Waals surface area contributed by atoms with Gasteiger partial charge in [0.15, 0.2) is 0 Å². The average Bonchev–Trinajstić information content (AvgIpc) is 2.58. The lowest BCUT2D eigenvalue weighted by atomic mass is 9.86. The topological polar surface area (TPSA) is 61.6 Å². The highest BCUT2D eigenvalue weighted by molar-refractivity contribution is 5.82. The van der Waals surface area contributed by atoms with E-state index in [-0.39, 0.29) is 6.04 Å². The molecule has 0 spiro atoms. The minimum atomic E-state index is 0.104. The predicted molar refractivity (Wildman–Crippen MR) is 88.6 cm³/mol. The quantitative estimate of drug-likeness (QED) is 0.809. The monoisotopic (exact) mass is 308 g/mol. The molecule has 3 rings (SSSR count). The second-order valence-electron chi connectivity index (χ2n) is 7.29. The van der Waals surface area contributed by atoms with E-state index < -0.39 is 0 Å². The minimum Gasteiger partial charge on any atom is -0.341 e. The molecule has 3 aliphatic rings. The Bertz CT molecular complexity index is 356. The summed E-state index contributed by atoms with van der Waals surface area (Å²) < 4.78 is 0. The van der Waals surface area contributed by atoms with Gasteiger partial charge >= 0.3 is 0 Å². The smallest absolute Gasteiger partial charge is 0.240 e. The molecule has 1 atom stereocenters. The Balaban J connectivity index is 1.70. The van der Waals surface area contributed by atoms with Gasteiger partial charge in [-0.3, -0.25) is 9.69 Å². The van der Waals surface area contributed by atoms with Crippen molar-refractivity contribution in [2.45, 2.75) is 57.0 Å². The van der Waals surface area contributed by atoms with Crippen molar-refractivity contribution in [2.24, 2.45) is 11.7 Å². The Hall–Kier alpha value is -0.650. The zero-order valence-corrected chi connectivity index (χ0v) is 13.8. The zero-order chi connectivity index (χ0) is 15.4. The highest BCUT2D eigenvalue weighted by Crippen LogP contribution is 2.26. The molecular formula is C17H32N4O. The van der Waals surface area contributed by atoms with Gasteiger partial charge in [0.05, 0.1) is 6.04 Å². The molecule has 0 aliphatic carbocycles. The van der Waals surface area contributed by atoms with Gasteiger partial charge in [-0.2, -0.15) is 0 Å². The number of carbonyl (C=O) groups excluding carboxylic acids is 1. The second kappa shape index (κ2) is 7.75. The number of nitrogens with one attached hydrogen (secondary N) is 1. The van der Waals surface area contributed by atoms with Gasteiger partial charge in [-0.1, -0.05) is 0 Å². The van der Waals surface area contributed by atoms with Crippen LogP contribution in [0.25, 0.3) is 0 Å². The highest BCUT2D eigenvalue weighted by atomic mass is 16.2. The summed E-state index contributed by atoms with van der Waals surface area (Å²) >= 11 is 0. The van der Waals surface area contributed by atoms with Crippen molar-refractivity contribution in [3.8, 4) is 0 Å². The number of likely N-dealkylation sites (tertiary alicyclic amines) is 2. The van der Waals surface area contributed by atoms with E-state index in [0.717, 1.165) is 65.0 Å². The number of carbonyl (C=O) groups is 1. The van der Waals surface area contributed by atoms with Crippen molar-refractivity contribution in [1.82, 2.24) is 15.1 Å². The number of hydrogen-bond donors (Lipinski definition) is 2. The fourth-order valence-electron chi connectivity index (χ4n) is 4.31. The second-order valence-corrected chi connectivity index (χ2v) is 7.29. The van der Waals surface area contributed by atoms with Crippen molar-refractivity contribution < 1.29 is 4.79 Å². The Morgan fingerprint density at radius 1 is 0.955 bits per heavy atom. The minimum absolute atomic E-state index is 0.104. The van der Waals surface area contributed by atoms with Crippen molar-refractivity contribution in [1.29, 1.82) is 0 Å². The first-order valence-electron chi connectivity index (χ1n) is 9.25. The summed E-state index contributed by atoms with van der Waals surface area (Å²) in [4.78, 5) is 17.8. The first-order valence-corrected chi connectivity index (χ1v) is 9.25. The normalized spacial score (nSPS) is 27.8. The van der Waals surface area contributed by atoms with E-state index in [1.807, 2.05) is 0 Å². The van der Waals surface area contributed by atoms with E-state index in [4.69, 9.17) is 5.73 Å². The van der Waals surface area contributed by atoms with Crippen LogP contribution in [-0.2, 0) is 4.79 Å². The number of rotatable bonds is 3. The SMILES string of the molecule is NC1CCN(C(C(=O)N2CCCCC2)C2CCNCC2)CC1. The van der Waals surface area contributed by atoms with E-state index in [0.29, 0.717) is 17.9 Å². The summed E-state index contributed by atoms with van der Waals surface area (Å²) in [6.07, 6.45) is 7.97. The van der Waals surface area contributed by atoms with Crippen LogP contribution in [-0.4, -0.2) is 67.1 Å². The molecule has 3 fully saturated rings. The standard InChI is InChI=1S/C17H32N4O/c18-15-6-12-20(13-7-15)16(14-4-8-19-9-5-14)17(22)21-10-2-1-3-11-21/h14-16,19H,1-13,18H2. The molecule has 5 heteroatoms. The maximum absolute atomic E-state index is 13.2. The van der Waals surface area contributed by atoms with Crippen LogP contribution in [0.15, 0.2) is 0 Å². The Morgan fingerprint density at radius 2 is 1.59 bits per heavy atom. The molecule has 0 aromatic rings. The first kappa shape index (κ1) is 16.2. The summed E-state index contributed by atoms with van der Waals surface area (Å²) in [5.41, 5.74) is 6.06. The maximum Gasteiger partial charge on any atom is 0.240 e. The van der Waals surface area contributed by atoms with Crippen LogP contribution in [0.5, 0.6) is 0 Å². The molecular weight excluding hydrogens is 276 g/mol. The van der Waals surface area contributed by atoms with E-state index in [1.54, 1.807) is 0 Å². The van der Waals surface area contributed by atoms with E-state index in [9.17, 15) is 4.79 Å². The lowest BCUT2D eigenvalue weighted by Gasteiger charge is -2.43. The lowest BCUT2D eigenvalue weighted by Crippen LogP contribution is -2.57. The summed E-state index contributed by atoms with van der Waals surface area (Å²) in [5.74, 6) is 0.923. The van der Waals surface area contributed by atoms with Crippen LogP contribution in [0.2, 0.25) is 0 Å². The van der Waals surface area contributed by atoms with Crippen molar-refractivity contribution in [3.63, 3.8) is 0 Å². The van der Waals surface area contributed by atoms with Gasteiger partial charge in [0.25, 0.3) is 0 Å². The predicted octanol–water partition coefficient (Wildman–Crippen LogP) is 0.790. The first-order chi connectivity index (χ1) is 10.8. The van der Waals surface area contributed by atoms with Gasteiger partial charge in [0, 0.05) is 32.2 Å². The van der Waals surface area contributed by atoms with Crippen LogP contribution in [0.4, 0.5) is 0 Å². The Kier molecular flexibility index (Phi) is 5.71. The van der Waals surface area contributed by atoms with Crippen LogP contribution < -0.4 is 11.1 Å². The summed E-state index contributed by atoms with van der Waals surface area (Å²) in [5, 5.41) is 3.43. The molecule has 0 bridgehead atoms. The van der Waals surface area contributed by atoms with Crippen molar-refractivity contribution in [3.05, 3.63) is 0 Å². The molecule has 22 heavy (non-hydrogen) atoms. The lowest BCUT2D eigenvalue weighted by molar-refractivity contribution is -0.141. The van der Waals surface area contributed by atoms with Gasteiger partial charge in [-0.05, 0) is 64.0 Å². The number of nitrogens with two attached hydrogens (primary N) is 1. The van der Waals surface area contributed by atoms with Gasteiger partial charge in [0.2, 0.25) is 5.91 Å². The fourth-order valence-corrected chi connectivity index (χ4v) is 4.31. The summed E-state index contributed by atoms with van der Waals surface area (Å²) in [6.45, 7) is 6.04. The third-order valence-corrected chi connectivity index (χ3v) is 5.72. The van der Waals surface area contributed by atoms with E-state index in [2.05, 4.69) is 15.1 Å². The van der Waals surface area contributed by atoms with Crippen LogP contribution in [0.1, 0.15) is 44.9 Å². The van der Waals surface area contributed by atoms with Gasteiger partial charge in [0.1, 0.15) is 0 Å². The van der Waals surface area contributed by atoms with Gasteiger partial charge in [-0.15, -0.1) is 0 Å². The largest absolute Gasteiger partial charge is 0.341 e. The molecule has 0 saturated carbocycles. The highest BCUT2D eigenvalue weighted by Gasteiger charge is 2.38. The van der Waals surface area contributed by atoms with Crippen LogP contribution >= 0.6 is 0 Å². The van der Waals surface area contributed by atoms with Crippen molar-refractivity contribution in [2.75, 3.05) is 39.3 Å². The molecule has 0 aromatic carbocycles. The maximum atomic E-state index is 13.2. The zero-order valence-electron chi connectivity index (χ0n) is 13.8. The number of piperidine rings is 3. The number of nitrogens with zero attached hydrogens (tertiary/aromatic N) is 2. The average molecular weight is 308 g/mol. The molecule has 1 amide bonds. The molecule has 3 N–H and O–H groups in total. The molecule has 0 aromatic heterocycles. The van der Waals surface area contributed by atoms with E-state index in [1.165, 1.54) is 19.3 Å². The third kappa shape index (κ3) is 3.81. The molecule has 3 saturated heterocycles. The molecule has 0 radical (unpaired) electrons. The Labute approximate surface area is 134 Å². The molecule has 5 nitrogen and oxygen atoms in total. The summed E-state index contributed by atoms with van der Waals surface area (Å²) in [6, 6.07) is 0.433. The third-order valence-electron chi connectivity index (χ3n) is 5.72. The molecule has 1 unspecified atom stereocenters. The van der Waals surface area contributed by atoms with Crippen LogP contribution in [0.3, 0.4) is 0 Å². The van der Waals surface area contributed by atoms with Gasteiger partial charge in [-0.25, -0.2) is 0 Å². The Morgan fingerprint density at radius 3 is 2.23 bits per heavy atom.